The fraction of sp³-hybridized carbons (Fsp3) is 0.789. The van der Waals surface area contributed by atoms with Crippen LogP contribution in [0.4, 0.5) is 0 Å². The van der Waals surface area contributed by atoms with Gasteiger partial charge in [-0.3, -0.25) is 14.6 Å². The van der Waals surface area contributed by atoms with Crippen LogP contribution in [-0.2, 0) is 7.05 Å². The van der Waals surface area contributed by atoms with Gasteiger partial charge in [-0.1, -0.05) is 0 Å². The molecule has 0 saturated heterocycles. The smallest absolute Gasteiger partial charge is 0.191 e. The first-order valence-corrected chi connectivity index (χ1v) is 9.61. The molecule has 0 fully saturated rings. The maximum atomic E-state index is 4.35. The Balaban J connectivity index is 2.44. The highest BCUT2D eigenvalue weighted by Crippen LogP contribution is 2.15. The van der Waals surface area contributed by atoms with Crippen LogP contribution in [0.1, 0.15) is 45.7 Å². The molecular weight excluding hydrogens is 326 g/mol. The topological polar surface area (TPSA) is 60.7 Å². The zero-order valence-corrected chi connectivity index (χ0v) is 18.0. The normalized spacial score (nSPS) is 13.9. The van der Waals surface area contributed by atoms with Crippen molar-refractivity contribution < 1.29 is 0 Å². The van der Waals surface area contributed by atoms with E-state index in [9.17, 15) is 0 Å². The van der Waals surface area contributed by atoms with Gasteiger partial charge in [0.2, 0.25) is 0 Å². The molecule has 1 aromatic rings. The van der Waals surface area contributed by atoms with Gasteiger partial charge in [0.25, 0.3) is 0 Å². The number of rotatable bonds is 10. The first kappa shape index (κ1) is 22.4. The summed E-state index contributed by atoms with van der Waals surface area (Å²) in [6, 6.07) is 1.40. The Bertz CT molecular complexity index is 526. The predicted octanol–water partition coefficient (Wildman–Crippen LogP) is 1.70. The van der Waals surface area contributed by atoms with E-state index in [1.165, 1.54) is 5.56 Å². The summed E-state index contributed by atoms with van der Waals surface area (Å²) in [7, 11) is 7.93. The van der Waals surface area contributed by atoms with E-state index in [1.807, 2.05) is 25.0 Å². The Hall–Kier alpha value is -1.60. The molecule has 150 valence electrons. The molecule has 0 amide bonds. The maximum absolute atomic E-state index is 4.35. The molecule has 1 heterocycles. The molecule has 1 aromatic heterocycles. The van der Waals surface area contributed by atoms with Gasteiger partial charge < -0.3 is 15.5 Å². The van der Waals surface area contributed by atoms with E-state index in [0.717, 1.165) is 32.0 Å². The lowest BCUT2D eigenvalue weighted by Crippen LogP contribution is -2.43. The quantitative estimate of drug-likeness (QED) is 0.375. The van der Waals surface area contributed by atoms with Gasteiger partial charge in [-0.2, -0.15) is 5.10 Å². The number of hydrogen-bond donors (Lipinski definition) is 2. The Morgan fingerprint density at radius 2 is 1.85 bits per heavy atom. The molecular formula is C19H39N7. The summed E-state index contributed by atoms with van der Waals surface area (Å²) in [5.41, 5.74) is 1.20. The van der Waals surface area contributed by atoms with Crippen molar-refractivity contribution in [2.24, 2.45) is 12.0 Å². The van der Waals surface area contributed by atoms with Crippen molar-refractivity contribution in [3.8, 4) is 0 Å². The second-order valence-corrected chi connectivity index (χ2v) is 7.59. The second-order valence-electron chi connectivity index (χ2n) is 7.59. The van der Waals surface area contributed by atoms with E-state index in [2.05, 4.69) is 78.5 Å². The van der Waals surface area contributed by atoms with E-state index in [0.29, 0.717) is 12.1 Å². The van der Waals surface area contributed by atoms with E-state index in [4.69, 9.17) is 0 Å². The van der Waals surface area contributed by atoms with Gasteiger partial charge in [0.05, 0.1) is 12.2 Å². The number of hydrogen-bond acceptors (Lipinski definition) is 4. The van der Waals surface area contributed by atoms with Crippen LogP contribution in [0.25, 0.3) is 0 Å². The summed E-state index contributed by atoms with van der Waals surface area (Å²) in [6.45, 7) is 11.8. The number of likely N-dealkylation sites (N-methyl/N-ethyl adjacent to an activating group) is 1. The molecule has 2 N–H and O–H groups in total. The summed E-state index contributed by atoms with van der Waals surface area (Å²) in [5.74, 6) is 0.849. The van der Waals surface area contributed by atoms with Gasteiger partial charge in [-0.25, -0.2) is 0 Å². The molecule has 0 aliphatic carbocycles. The molecule has 7 nitrogen and oxygen atoms in total. The van der Waals surface area contributed by atoms with Crippen molar-refractivity contribution in [3.63, 3.8) is 0 Å². The van der Waals surface area contributed by atoms with Crippen LogP contribution in [0, 0.1) is 0 Å². The highest BCUT2D eigenvalue weighted by atomic mass is 15.3. The van der Waals surface area contributed by atoms with Crippen molar-refractivity contribution in [1.82, 2.24) is 30.2 Å². The third-order valence-corrected chi connectivity index (χ3v) is 4.63. The van der Waals surface area contributed by atoms with Crippen molar-refractivity contribution in [2.45, 2.75) is 52.2 Å². The summed E-state index contributed by atoms with van der Waals surface area (Å²) in [4.78, 5) is 9.06. The SMILES string of the molecule is CN=C(NCCCN(C(C)C)C(C)C)NCC(c1cnn(C)c1)N(C)C. The number of nitrogens with one attached hydrogen (secondary N) is 2. The molecule has 0 aliphatic rings. The molecule has 0 aromatic carbocycles. The largest absolute Gasteiger partial charge is 0.356 e. The standard InChI is InChI=1S/C19H39N7/c1-15(2)26(16(3)4)11-9-10-21-19(20-5)22-13-18(24(6)7)17-12-23-25(8)14-17/h12,14-16,18H,9-11,13H2,1-8H3,(H2,20,21,22). The summed E-state index contributed by atoms with van der Waals surface area (Å²) in [5, 5.41) is 11.1. The first-order valence-electron chi connectivity index (χ1n) is 9.61. The lowest BCUT2D eigenvalue weighted by atomic mass is 10.1. The average Bonchev–Trinajstić information content (AvgIpc) is 2.97. The lowest BCUT2D eigenvalue weighted by Gasteiger charge is -2.30. The zero-order chi connectivity index (χ0) is 19.7. The molecule has 0 radical (unpaired) electrons. The first-order chi connectivity index (χ1) is 12.3. The van der Waals surface area contributed by atoms with Gasteiger partial charge in [0.15, 0.2) is 5.96 Å². The fourth-order valence-electron chi connectivity index (χ4n) is 3.21. The third kappa shape index (κ3) is 7.33. The summed E-state index contributed by atoms with van der Waals surface area (Å²) >= 11 is 0. The van der Waals surface area contributed by atoms with Gasteiger partial charge in [0, 0.05) is 57.6 Å². The molecule has 0 aliphatic heterocycles. The highest BCUT2D eigenvalue weighted by Gasteiger charge is 2.16. The molecule has 0 saturated carbocycles. The molecule has 1 unspecified atom stereocenters. The molecule has 26 heavy (non-hydrogen) atoms. The number of guanidine groups is 1. The minimum absolute atomic E-state index is 0.250. The van der Waals surface area contributed by atoms with Gasteiger partial charge >= 0.3 is 0 Å². The van der Waals surface area contributed by atoms with Crippen LogP contribution in [-0.4, -0.2) is 78.4 Å². The number of aromatic nitrogens is 2. The minimum Gasteiger partial charge on any atom is -0.356 e. The van der Waals surface area contributed by atoms with Crippen LogP contribution in [0.15, 0.2) is 17.4 Å². The van der Waals surface area contributed by atoms with Crippen LogP contribution in [0.5, 0.6) is 0 Å². The van der Waals surface area contributed by atoms with Gasteiger partial charge in [-0.05, 0) is 48.2 Å². The second kappa shape index (κ2) is 11.2. The molecule has 7 heteroatoms. The number of aryl methyl sites for hydroxylation is 1. The zero-order valence-electron chi connectivity index (χ0n) is 18.0. The van der Waals surface area contributed by atoms with E-state index in [1.54, 1.807) is 0 Å². The monoisotopic (exact) mass is 365 g/mol. The molecule has 1 atom stereocenters. The van der Waals surface area contributed by atoms with Gasteiger partial charge in [0.1, 0.15) is 0 Å². The number of nitrogens with zero attached hydrogens (tertiary/aromatic N) is 5. The summed E-state index contributed by atoms with van der Waals surface area (Å²) in [6.07, 6.45) is 5.08. The Kier molecular flexibility index (Phi) is 9.65. The summed E-state index contributed by atoms with van der Waals surface area (Å²) < 4.78 is 1.84. The van der Waals surface area contributed by atoms with Crippen molar-refractivity contribution in [1.29, 1.82) is 0 Å². The lowest BCUT2D eigenvalue weighted by molar-refractivity contribution is 0.173. The Morgan fingerprint density at radius 3 is 2.31 bits per heavy atom. The highest BCUT2D eigenvalue weighted by molar-refractivity contribution is 5.79. The molecule has 1 rings (SSSR count). The maximum Gasteiger partial charge on any atom is 0.191 e. The van der Waals surface area contributed by atoms with Crippen LogP contribution in [0.2, 0.25) is 0 Å². The van der Waals surface area contributed by atoms with Crippen molar-refractivity contribution in [2.75, 3.05) is 40.8 Å². The van der Waals surface area contributed by atoms with E-state index >= 15 is 0 Å². The Labute approximate surface area is 159 Å². The fourth-order valence-corrected chi connectivity index (χ4v) is 3.21. The van der Waals surface area contributed by atoms with Crippen molar-refractivity contribution >= 4 is 5.96 Å². The van der Waals surface area contributed by atoms with Crippen LogP contribution < -0.4 is 10.6 Å². The van der Waals surface area contributed by atoms with Crippen molar-refractivity contribution in [3.05, 3.63) is 18.0 Å². The van der Waals surface area contributed by atoms with Crippen LogP contribution >= 0.6 is 0 Å². The van der Waals surface area contributed by atoms with Crippen LogP contribution in [0.3, 0.4) is 0 Å². The molecule has 0 bridgehead atoms. The minimum atomic E-state index is 0.250. The third-order valence-electron chi connectivity index (χ3n) is 4.63. The average molecular weight is 366 g/mol. The Morgan fingerprint density at radius 1 is 1.19 bits per heavy atom. The van der Waals surface area contributed by atoms with Gasteiger partial charge in [-0.15, -0.1) is 0 Å². The van der Waals surface area contributed by atoms with E-state index < -0.39 is 0 Å². The predicted molar refractivity (Wildman–Crippen MR) is 111 cm³/mol. The molecule has 0 spiro atoms. The number of aliphatic imine (C=N–C) groups is 1. The van der Waals surface area contributed by atoms with E-state index in [-0.39, 0.29) is 6.04 Å².